The zero-order chi connectivity index (χ0) is 17.5. The Kier molecular flexibility index (Phi) is 6.78. The van der Waals surface area contributed by atoms with Gasteiger partial charge in [0, 0.05) is 22.6 Å². The molecule has 1 fully saturated rings. The highest BCUT2D eigenvalue weighted by molar-refractivity contribution is 9.10. The van der Waals surface area contributed by atoms with Crippen LogP contribution in [0.5, 0.6) is 0 Å². The lowest BCUT2D eigenvalue weighted by atomic mass is 10.0. The van der Waals surface area contributed by atoms with Crippen LogP contribution in [-0.2, 0) is 14.3 Å². The molecule has 2 rings (SSSR count). The number of benzene rings is 1. The van der Waals surface area contributed by atoms with Gasteiger partial charge in [-0.05, 0) is 50.5 Å². The number of ether oxygens (including phenoxy) is 1. The van der Waals surface area contributed by atoms with Gasteiger partial charge >= 0.3 is 5.97 Å². The van der Waals surface area contributed by atoms with E-state index in [1.807, 2.05) is 6.92 Å². The summed E-state index contributed by atoms with van der Waals surface area (Å²) in [4.78, 5) is 37.4. The van der Waals surface area contributed by atoms with Crippen molar-refractivity contribution in [1.29, 1.82) is 0 Å². The second kappa shape index (κ2) is 8.82. The van der Waals surface area contributed by atoms with Crippen LogP contribution in [0.15, 0.2) is 28.7 Å². The van der Waals surface area contributed by atoms with E-state index in [2.05, 4.69) is 21.2 Å². The molecule has 0 bridgehead atoms. The Morgan fingerprint density at radius 2 is 1.96 bits per heavy atom. The summed E-state index contributed by atoms with van der Waals surface area (Å²) in [6.45, 7) is 2.16. The first kappa shape index (κ1) is 18.4. The highest BCUT2D eigenvalue weighted by Gasteiger charge is 2.23. The summed E-state index contributed by atoms with van der Waals surface area (Å²) >= 11 is 3.29. The van der Waals surface area contributed by atoms with Gasteiger partial charge in [0.1, 0.15) is 6.54 Å². The van der Waals surface area contributed by atoms with Crippen LogP contribution in [0.3, 0.4) is 0 Å². The minimum absolute atomic E-state index is 0.182. The van der Waals surface area contributed by atoms with Gasteiger partial charge in [0.25, 0.3) is 11.8 Å². The summed E-state index contributed by atoms with van der Waals surface area (Å²) in [5.74, 6) is -1.18. The fourth-order valence-corrected chi connectivity index (χ4v) is 2.86. The van der Waals surface area contributed by atoms with Crippen LogP contribution < -0.4 is 5.32 Å². The third kappa shape index (κ3) is 5.33. The molecule has 1 atom stereocenters. The molecular weight excluding hydrogens is 376 g/mol. The molecule has 1 aliphatic heterocycles. The maximum Gasteiger partial charge on any atom is 0.325 e. The van der Waals surface area contributed by atoms with Gasteiger partial charge in [-0.25, -0.2) is 0 Å². The minimum atomic E-state index is -0.626. The van der Waals surface area contributed by atoms with E-state index in [9.17, 15) is 14.4 Å². The second-order valence-corrected chi connectivity index (χ2v) is 6.70. The average molecular weight is 397 g/mol. The molecule has 1 saturated heterocycles. The zero-order valence-electron chi connectivity index (χ0n) is 13.6. The maximum absolute atomic E-state index is 12.1. The molecule has 7 heteroatoms. The monoisotopic (exact) mass is 396 g/mol. The molecule has 6 nitrogen and oxygen atoms in total. The van der Waals surface area contributed by atoms with Crippen molar-refractivity contribution >= 4 is 33.7 Å². The summed E-state index contributed by atoms with van der Waals surface area (Å²) in [5.41, 5.74) is 0.448. The topological polar surface area (TPSA) is 75.7 Å². The van der Waals surface area contributed by atoms with Crippen molar-refractivity contribution in [1.82, 2.24) is 10.2 Å². The molecule has 130 valence electrons. The summed E-state index contributed by atoms with van der Waals surface area (Å²) in [6.07, 6.45) is 3.07. The van der Waals surface area contributed by atoms with Crippen molar-refractivity contribution < 1.29 is 19.1 Å². The molecule has 1 aromatic carbocycles. The highest BCUT2D eigenvalue weighted by atomic mass is 79.9. The van der Waals surface area contributed by atoms with E-state index in [1.165, 1.54) is 0 Å². The van der Waals surface area contributed by atoms with Crippen molar-refractivity contribution in [3.8, 4) is 0 Å². The van der Waals surface area contributed by atoms with E-state index < -0.39 is 5.97 Å². The predicted molar refractivity (Wildman–Crippen MR) is 92.5 cm³/mol. The molecule has 24 heavy (non-hydrogen) atoms. The summed E-state index contributed by atoms with van der Waals surface area (Å²) in [5, 5.41) is 2.48. The minimum Gasteiger partial charge on any atom is -0.454 e. The zero-order valence-corrected chi connectivity index (χ0v) is 15.2. The largest absolute Gasteiger partial charge is 0.454 e. The Morgan fingerprint density at radius 3 is 2.62 bits per heavy atom. The van der Waals surface area contributed by atoms with Gasteiger partial charge in [0.2, 0.25) is 0 Å². The van der Waals surface area contributed by atoms with E-state index in [4.69, 9.17) is 4.74 Å². The van der Waals surface area contributed by atoms with E-state index in [0.29, 0.717) is 12.1 Å². The first-order chi connectivity index (χ1) is 11.5. The summed E-state index contributed by atoms with van der Waals surface area (Å²) in [6, 6.07) is 6.96. The lowest BCUT2D eigenvalue weighted by Gasteiger charge is -2.33. The third-order valence-corrected chi connectivity index (χ3v) is 4.51. The van der Waals surface area contributed by atoms with Gasteiger partial charge in [-0.1, -0.05) is 15.9 Å². The molecule has 2 amide bonds. The number of hydrogen-bond donors (Lipinski definition) is 1. The fraction of sp³-hybridized carbons (Fsp3) is 0.471. The van der Waals surface area contributed by atoms with Crippen LogP contribution >= 0.6 is 15.9 Å². The maximum atomic E-state index is 12.1. The van der Waals surface area contributed by atoms with E-state index in [-0.39, 0.29) is 31.0 Å². The van der Waals surface area contributed by atoms with Crippen molar-refractivity contribution in [2.24, 2.45) is 0 Å². The molecule has 0 spiro atoms. The van der Waals surface area contributed by atoms with Gasteiger partial charge in [-0.2, -0.15) is 0 Å². The van der Waals surface area contributed by atoms with Crippen molar-refractivity contribution in [3.05, 3.63) is 34.3 Å². The Bertz CT molecular complexity index is 603. The standard InChI is InChI=1S/C17H21BrN2O4/c1-12-4-2-3-9-20(12)15(21)11-24-16(22)10-19-17(23)13-5-7-14(18)8-6-13/h5-8,12H,2-4,9-11H2,1H3,(H,19,23). The van der Waals surface area contributed by atoms with Crippen LogP contribution in [-0.4, -0.2) is 48.4 Å². The van der Waals surface area contributed by atoms with Crippen LogP contribution in [0.1, 0.15) is 36.5 Å². The molecule has 1 heterocycles. The second-order valence-electron chi connectivity index (χ2n) is 5.78. The van der Waals surface area contributed by atoms with E-state index in [1.54, 1.807) is 29.2 Å². The number of nitrogens with zero attached hydrogens (tertiary/aromatic N) is 1. The SMILES string of the molecule is CC1CCCCN1C(=O)COC(=O)CNC(=O)c1ccc(Br)cc1. The third-order valence-electron chi connectivity index (χ3n) is 3.98. The molecule has 1 aromatic rings. The number of halogens is 1. The Hall–Kier alpha value is -1.89. The number of nitrogens with one attached hydrogen (secondary N) is 1. The molecule has 0 aliphatic carbocycles. The normalized spacial score (nSPS) is 17.2. The predicted octanol–water partition coefficient (Wildman–Crippen LogP) is 2.12. The average Bonchev–Trinajstić information content (AvgIpc) is 2.58. The summed E-state index contributed by atoms with van der Waals surface area (Å²) < 4.78 is 5.82. The molecule has 1 aliphatic rings. The number of piperidine rings is 1. The first-order valence-electron chi connectivity index (χ1n) is 7.96. The number of carbonyl (C=O) groups is 3. The smallest absolute Gasteiger partial charge is 0.325 e. The van der Waals surface area contributed by atoms with Crippen LogP contribution in [0.2, 0.25) is 0 Å². The Morgan fingerprint density at radius 1 is 1.25 bits per heavy atom. The summed E-state index contributed by atoms with van der Waals surface area (Å²) in [7, 11) is 0. The first-order valence-corrected chi connectivity index (χ1v) is 8.75. The van der Waals surface area contributed by atoms with Gasteiger partial charge in [-0.15, -0.1) is 0 Å². The number of hydrogen-bond acceptors (Lipinski definition) is 4. The molecule has 0 saturated carbocycles. The van der Waals surface area contributed by atoms with Gasteiger partial charge in [0.05, 0.1) is 0 Å². The number of rotatable bonds is 5. The van der Waals surface area contributed by atoms with Crippen LogP contribution in [0.4, 0.5) is 0 Å². The Balaban J connectivity index is 1.72. The van der Waals surface area contributed by atoms with E-state index >= 15 is 0 Å². The molecule has 0 aromatic heterocycles. The Labute approximate surface area is 149 Å². The van der Waals surface area contributed by atoms with Crippen molar-refractivity contribution in [2.45, 2.75) is 32.2 Å². The highest BCUT2D eigenvalue weighted by Crippen LogP contribution is 2.16. The lowest BCUT2D eigenvalue weighted by Crippen LogP contribution is -2.44. The molecule has 1 N–H and O–H groups in total. The molecular formula is C17H21BrN2O4. The number of amides is 2. The van der Waals surface area contributed by atoms with Gasteiger partial charge in [-0.3, -0.25) is 14.4 Å². The van der Waals surface area contributed by atoms with Crippen molar-refractivity contribution in [2.75, 3.05) is 19.7 Å². The lowest BCUT2D eigenvalue weighted by molar-refractivity contribution is -0.152. The number of carbonyl (C=O) groups excluding carboxylic acids is 3. The van der Waals surface area contributed by atoms with Crippen LogP contribution in [0.25, 0.3) is 0 Å². The van der Waals surface area contributed by atoms with E-state index in [0.717, 1.165) is 23.7 Å². The fourth-order valence-electron chi connectivity index (χ4n) is 2.60. The molecule has 1 unspecified atom stereocenters. The van der Waals surface area contributed by atoms with Crippen LogP contribution in [0, 0.1) is 0 Å². The number of likely N-dealkylation sites (tertiary alicyclic amines) is 1. The quantitative estimate of drug-likeness (QED) is 0.773. The van der Waals surface area contributed by atoms with Gasteiger partial charge < -0.3 is 15.0 Å². The number of esters is 1. The van der Waals surface area contributed by atoms with Crippen molar-refractivity contribution in [3.63, 3.8) is 0 Å². The van der Waals surface area contributed by atoms with Gasteiger partial charge in [0.15, 0.2) is 6.61 Å². The molecule has 0 radical (unpaired) electrons.